The van der Waals surface area contributed by atoms with Crippen molar-refractivity contribution in [2.75, 3.05) is 5.43 Å². The maximum Gasteiger partial charge on any atom is 0.280 e. The second-order valence-electron chi connectivity index (χ2n) is 8.23. The number of para-hydroxylation sites is 1. The standard InChI is InChI=1S/C25H23N3O2/c1-25(2,3)19-15-13-17(14-16-19)22-26-21-12-8-7-11-20(21)24(30)28(22)27-23(29)18-9-5-4-6-10-18/h4-16H,1-3H3,(H,27,29). The molecule has 30 heavy (non-hydrogen) atoms. The predicted molar refractivity (Wildman–Crippen MR) is 120 cm³/mol. The van der Waals surface area contributed by atoms with E-state index in [-0.39, 0.29) is 16.9 Å². The van der Waals surface area contributed by atoms with Crippen molar-refractivity contribution in [2.24, 2.45) is 0 Å². The Kier molecular flexibility index (Phi) is 4.96. The fourth-order valence-corrected chi connectivity index (χ4v) is 3.31. The fraction of sp³-hybridized carbons (Fsp3) is 0.160. The van der Waals surface area contributed by atoms with Gasteiger partial charge in [-0.15, -0.1) is 0 Å². The molecule has 5 heteroatoms. The third kappa shape index (κ3) is 3.74. The molecule has 150 valence electrons. The highest BCUT2D eigenvalue weighted by Crippen LogP contribution is 2.25. The van der Waals surface area contributed by atoms with Gasteiger partial charge in [-0.25, -0.2) is 4.98 Å². The molecule has 0 saturated heterocycles. The Hall–Kier alpha value is -3.73. The summed E-state index contributed by atoms with van der Waals surface area (Å²) in [5.41, 5.74) is 5.40. The van der Waals surface area contributed by atoms with Crippen LogP contribution < -0.4 is 11.0 Å². The number of benzene rings is 3. The molecule has 1 heterocycles. The van der Waals surface area contributed by atoms with Crippen LogP contribution in [0, 0.1) is 0 Å². The van der Waals surface area contributed by atoms with Crippen LogP contribution in [0.1, 0.15) is 36.7 Å². The minimum absolute atomic E-state index is 0.0105. The van der Waals surface area contributed by atoms with Gasteiger partial charge < -0.3 is 0 Å². The zero-order chi connectivity index (χ0) is 21.3. The number of nitrogens with one attached hydrogen (secondary N) is 1. The van der Waals surface area contributed by atoms with Gasteiger partial charge in [0.2, 0.25) is 0 Å². The molecule has 0 unspecified atom stereocenters. The van der Waals surface area contributed by atoms with Crippen molar-refractivity contribution in [1.29, 1.82) is 0 Å². The van der Waals surface area contributed by atoms with Crippen LogP contribution in [0.15, 0.2) is 83.7 Å². The predicted octanol–water partition coefficient (Wildman–Crippen LogP) is 4.74. The Balaban J connectivity index is 1.86. The van der Waals surface area contributed by atoms with Crippen molar-refractivity contribution in [3.05, 3.63) is 100 Å². The molecule has 3 aromatic carbocycles. The number of fused-ring (bicyclic) bond motifs is 1. The Morgan fingerprint density at radius 1 is 0.867 bits per heavy atom. The molecule has 4 aromatic rings. The van der Waals surface area contributed by atoms with E-state index in [1.54, 1.807) is 42.5 Å². The molecule has 0 fully saturated rings. The van der Waals surface area contributed by atoms with E-state index in [2.05, 4.69) is 26.2 Å². The molecule has 1 N–H and O–H groups in total. The first-order valence-electron chi connectivity index (χ1n) is 9.84. The third-order valence-electron chi connectivity index (χ3n) is 5.03. The van der Waals surface area contributed by atoms with Gasteiger partial charge in [-0.3, -0.25) is 15.0 Å². The molecule has 0 aliphatic carbocycles. The van der Waals surface area contributed by atoms with E-state index >= 15 is 0 Å². The van der Waals surface area contributed by atoms with Crippen LogP contribution in [0.5, 0.6) is 0 Å². The molecule has 0 aliphatic rings. The molecular weight excluding hydrogens is 374 g/mol. The lowest BCUT2D eigenvalue weighted by atomic mass is 9.86. The van der Waals surface area contributed by atoms with Gasteiger partial charge in [-0.1, -0.05) is 75.4 Å². The number of hydrogen-bond donors (Lipinski definition) is 1. The van der Waals surface area contributed by atoms with Crippen LogP contribution in [0.4, 0.5) is 0 Å². The van der Waals surface area contributed by atoms with Gasteiger partial charge in [-0.05, 0) is 35.2 Å². The third-order valence-corrected chi connectivity index (χ3v) is 5.03. The van der Waals surface area contributed by atoms with E-state index in [9.17, 15) is 9.59 Å². The van der Waals surface area contributed by atoms with Gasteiger partial charge in [0, 0.05) is 11.1 Å². The molecule has 0 bridgehead atoms. The molecule has 0 atom stereocenters. The lowest BCUT2D eigenvalue weighted by Crippen LogP contribution is -2.35. The molecule has 0 saturated carbocycles. The van der Waals surface area contributed by atoms with Crippen LogP contribution in [0.2, 0.25) is 0 Å². The van der Waals surface area contributed by atoms with Crippen LogP contribution in [0.3, 0.4) is 0 Å². The number of hydrogen-bond acceptors (Lipinski definition) is 3. The van der Waals surface area contributed by atoms with Crippen LogP contribution in [-0.2, 0) is 5.41 Å². The maximum atomic E-state index is 13.2. The number of carbonyl (C=O) groups excluding carboxylic acids is 1. The smallest absolute Gasteiger partial charge is 0.267 e. The molecular formula is C25H23N3O2. The lowest BCUT2D eigenvalue weighted by molar-refractivity contribution is 0.101. The van der Waals surface area contributed by atoms with E-state index in [1.165, 1.54) is 10.2 Å². The van der Waals surface area contributed by atoms with Gasteiger partial charge >= 0.3 is 0 Å². The lowest BCUT2D eigenvalue weighted by Gasteiger charge is -2.20. The Labute approximate surface area is 175 Å². The summed E-state index contributed by atoms with van der Waals surface area (Å²) in [6.07, 6.45) is 0. The van der Waals surface area contributed by atoms with Crippen LogP contribution in [-0.4, -0.2) is 15.6 Å². The van der Waals surface area contributed by atoms with E-state index in [4.69, 9.17) is 4.98 Å². The largest absolute Gasteiger partial charge is 0.280 e. The highest BCUT2D eigenvalue weighted by molar-refractivity contribution is 6.00. The van der Waals surface area contributed by atoms with Crippen molar-refractivity contribution in [3.8, 4) is 11.4 Å². The maximum absolute atomic E-state index is 13.2. The first-order chi connectivity index (χ1) is 14.3. The number of rotatable bonds is 3. The molecule has 0 spiro atoms. The Morgan fingerprint density at radius 3 is 2.17 bits per heavy atom. The first-order valence-corrected chi connectivity index (χ1v) is 9.84. The average molecular weight is 397 g/mol. The molecule has 4 rings (SSSR count). The normalized spacial score (nSPS) is 11.4. The highest BCUT2D eigenvalue weighted by Gasteiger charge is 2.17. The summed E-state index contributed by atoms with van der Waals surface area (Å²) in [6.45, 7) is 6.44. The molecule has 1 aromatic heterocycles. The highest BCUT2D eigenvalue weighted by atomic mass is 16.2. The summed E-state index contributed by atoms with van der Waals surface area (Å²) in [7, 11) is 0. The summed E-state index contributed by atoms with van der Waals surface area (Å²) in [4.78, 5) is 30.7. The molecule has 0 radical (unpaired) electrons. The average Bonchev–Trinajstić information content (AvgIpc) is 2.75. The number of nitrogens with zero attached hydrogens (tertiary/aromatic N) is 2. The van der Waals surface area contributed by atoms with E-state index < -0.39 is 0 Å². The zero-order valence-corrected chi connectivity index (χ0v) is 17.2. The van der Waals surface area contributed by atoms with Crippen molar-refractivity contribution in [2.45, 2.75) is 26.2 Å². The van der Waals surface area contributed by atoms with Gasteiger partial charge in [0.05, 0.1) is 10.9 Å². The van der Waals surface area contributed by atoms with Crippen molar-refractivity contribution < 1.29 is 4.79 Å². The van der Waals surface area contributed by atoms with Gasteiger partial charge in [0.1, 0.15) is 0 Å². The summed E-state index contributed by atoms with van der Waals surface area (Å²) in [6, 6.07) is 23.9. The van der Waals surface area contributed by atoms with E-state index in [0.717, 1.165) is 5.56 Å². The monoisotopic (exact) mass is 397 g/mol. The number of amides is 1. The van der Waals surface area contributed by atoms with Crippen LogP contribution in [0.25, 0.3) is 22.3 Å². The quantitative estimate of drug-likeness (QED) is 0.543. The summed E-state index contributed by atoms with van der Waals surface area (Å²) >= 11 is 0. The second-order valence-corrected chi connectivity index (χ2v) is 8.23. The van der Waals surface area contributed by atoms with Gasteiger partial charge in [-0.2, -0.15) is 4.68 Å². The topological polar surface area (TPSA) is 64.0 Å². The van der Waals surface area contributed by atoms with Crippen molar-refractivity contribution in [3.63, 3.8) is 0 Å². The van der Waals surface area contributed by atoms with Gasteiger partial charge in [0.25, 0.3) is 11.5 Å². The Morgan fingerprint density at radius 2 is 1.50 bits per heavy atom. The molecule has 0 aliphatic heterocycles. The van der Waals surface area contributed by atoms with Crippen molar-refractivity contribution in [1.82, 2.24) is 9.66 Å². The first kappa shape index (κ1) is 19.6. The molecule has 5 nitrogen and oxygen atoms in total. The minimum Gasteiger partial charge on any atom is -0.267 e. The molecule has 1 amide bonds. The minimum atomic E-state index is -0.373. The van der Waals surface area contributed by atoms with E-state index in [0.29, 0.717) is 22.3 Å². The van der Waals surface area contributed by atoms with E-state index in [1.807, 2.05) is 36.4 Å². The SMILES string of the molecule is CC(C)(C)c1ccc(-c2nc3ccccc3c(=O)n2NC(=O)c2ccccc2)cc1. The zero-order valence-electron chi connectivity index (χ0n) is 17.2. The fourth-order valence-electron chi connectivity index (χ4n) is 3.31. The van der Waals surface area contributed by atoms with Gasteiger partial charge in [0.15, 0.2) is 5.82 Å². The second kappa shape index (κ2) is 7.59. The van der Waals surface area contributed by atoms with Crippen molar-refractivity contribution >= 4 is 16.8 Å². The Bertz CT molecular complexity index is 1270. The summed E-state index contributed by atoms with van der Waals surface area (Å²) in [5, 5.41) is 0.445. The number of carbonyl (C=O) groups is 1. The summed E-state index contributed by atoms with van der Waals surface area (Å²) in [5.74, 6) is 0.0192. The summed E-state index contributed by atoms with van der Waals surface area (Å²) < 4.78 is 1.24. The number of aromatic nitrogens is 2. The van der Waals surface area contributed by atoms with Crippen LogP contribution >= 0.6 is 0 Å².